The molecule has 0 aromatic carbocycles. The van der Waals surface area contributed by atoms with Crippen LogP contribution >= 0.6 is 0 Å². The van der Waals surface area contributed by atoms with Crippen LogP contribution < -0.4 is 16.0 Å². The summed E-state index contributed by atoms with van der Waals surface area (Å²) in [6.07, 6.45) is 2.07. The number of likely N-dealkylation sites (N-methyl/N-ethyl adjacent to an activating group) is 1. The summed E-state index contributed by atoms with van der Waals surface area (Å²) < 4.78 is 7.47. The van der Waals surface area contributed by atoms with Crippen molar-refractivity contribution >= 4 is 17.4 Å². The molecule has 2 aromatic heterocycles. The summed E-state index contributed by atoms with van der Waals surface area (Å²) in [5.74, 6) is 4.87. The fourth-order valence-electron chi connectivity index (χ4n) is 3.68. The number of Topliss-reactive ketones (excluding diaryl/α,β-unsaturated/α-hetero) is 1. The summed E-state index contributed by atoms with van der Waals surface area (Å²) in [7, 11) is 0. The van der Waals surface area contributed by atoms with Crippen LogP contribution in [0, 0.1) is 0 Å². The van der Waals surface area contributed by atoms with Crippen molar-refractivity contribution in [1.29, 1.82) is 0 Å². The van der Waals surface area contributed by atoms with Crippen LogP contribution in [0.5, 0.6) is 5.88 Å². The van der Waals surface area contributed by atoms with E-state index in [1.54, 1.807) is 6.92 Å². The molecular formula is C21H30N6O4. The normalized spacial score (nSPS) is 14.4. The smallest absolute Gasteiger partial charge is 0.261 e. The second-order valence-corrected chi connectivity index (χ2v) is 7.40. The van der Waals surface area contributed by atoms with Crippen LogP contribution in [0.25, 0.3) is 0 Å². The number of likely N-dealkylation sites (tertiary alicyclic amines) is 1. The minimum Gasteiger partial charge on any atom is -0.477 e. The third-order valence-corrected chi connectivity index (χ3v) is 5.39. The Hall–Kier alpha value is -2.82. The molecule has 1 saturated heterocycles. The first kappa shape index (κ1) is 22.9. The number of carbonyl (C=O) groups is 2. The molecule has 168 valence electrons. The van der Waals surface area contributed by atoms with Gasteiger partial charge >= 0.3 is 0 Å². The van der Waals surface area contributed by atoms with E-state index >= 15 is 0 Å². The van der Waals surface area contributed by atoms with E-state index < -0.39 is 5.91 Å². The molecule has 1 aliphatic heterocycles. The maximum Gasteiger partial charge on any atom is 0.261 e. The average Bonchev–Trinajstić information content (AvgIpc) is 3.04. The molecule has 0 unspecified atom stereocenters. The summed E-state index contributed by atoms with van der Waals surface area (Å²) in [6, 6.07) is 1.73. The van der Waals surface area contributed by atoms with Gasteiger partial charge in [-0.2, -0.15) is 5.10 Å². The van der Waals surface area contributed by atoms with Crippen molar-refractivity contribution in [2.45, 2.75) is 46.8 Å². The highest BCUT2D eigenvalue weighted by Gasteiger charge is 2.32. The van der Waals surface area contributed by atoms with Gasteiger partial charge in [-0.15, -0.1) is 0 Å². The van der Waals surface area contributed by atoms with Gasteiger partial charge in [0.05, 0.1) is 24.0 Å². The Labute approximate surface area is 181 Å². The van der Waals surface area contributed by atoms with E-state index in [9.17, 15) is 9.59 Å². The fourth-order valence-corrected chi connectivity index (χ4v) is 3.68. The quantitative estimate of drug-likeness (QED) is 0.433. The van der Waals surface area contributed by atoms with Crippen molar-refractivity contribution in [3.8, 4) is 5.88 Å². The molecule has 3 N–H and O–H groups in total. The predicted molar refractivity (Wildman–Crippen MR) is 115 cm³/mol. The first-order valence-electron chi connectivity index (χ1n) is 10.5. The van der Waals surface area contributed by atoms with E-state index in [1.165, 1.54) is 19.2 Å². The number of nitrogens with zero attached hydrogens (tertiary/aromatic N) is 4. The van der Waals surface area contributed by atoms with Gasteiger partial charge in [0.25, 0.3) is 5.91 Å². The van der Waals surface area contributed by atoms with E-state index in [-0.39, 0.29) is 29.9 Å². The number of hydrogen-bond donors (Lipinski definition) is 2. The molecule has 0 spiro atoms. The Balaban J connectivity index is 1.96. The number of ether oxygens (including phenoxy) is 1. The highest BCUT2D eigenvalue weighted by molar-refractivity contribution is 6.08. The van der Waals surface area contributed by atoms with Gasteiger partial charge < -0.3 is 10.1 Å². The highest BCUT2D eigenvalue weighted by atomic mass is 16.6. The van der Waals surface area contributed by atoms with Crippen molar-refractivity contribution in [3.05, 3.63) is 34.8 Å². The number of rotatable bonds is 10. The van der Waals surface area contributed by atoms with Gasteiger partial charge in [-0.05, 0) is 32.9 Å². The molecule has 3 heterocycles. The van der Waals surface area contributed by atoms with Gasteiger partial charge in [-0.3, -0.25) is 24.0 Å². The lowest BCUT2D eigenvalue weighted by Gasteiger charge is -2.39. The minimum absolute atomic E-state index is 0.0594. The maximum atomic E-state index is 13.2. The molecule has 0 saturated carbocycles. The van der Waals surface area contributed by atoms with Crippen LogP contribution in [0.3, 0.4) is 0 Å². The van der Waals surface area contributed by atoms with Crippen LogP contribution in [0.15, 0.2) is 12.3 Å². The maximum absolute atomic E-state index is 13.2. The number of nitrogens with one attached hydrogen (secondary N) is 1. The Kier molecular flexibility index (Phi) is 7.37. The molecule has 0 radical (unpaired) electrons. The third-order valence-electron chi connectivity index (χ3n) is 5.39. The van der Waals surface area contributed by atoms with E-state index in [4.69, 9.17) is 15.5 Å². The van der Waals surface area contributed by atoms with Crippen LogP contribution in [0.1, 0.15) is 65.8 Å². The molecule has 10 heteroatoms. The standard InChI is InChI=1S/C21H30N6O4/c1-5-18-19(17(12-31-22)25-27(18)15-10-26(6-2)11-15)24-20(29)16-8-14(13(4)28)9-23-21(16)30-7-3/h8-9,15H,5-7,10-12,22H2,1-4H3,(H,24,29). The zero-order valence-corrected chi connectivity index (χ0v) is 18.5. The molecular weight excluding hydrogens is 400 g/mol. The first-order chi connectivity index (χ1) is 14.9. The minimum atomic E-state index is -0.435. The number of ketones is 1. The van der Waals surface area contributed by atoms with Crippen LogP contribution in [0.2, 0.25) is 0 Å². The summed E-state index contributed by atoms with van der Waals surface area (Å²) >= 11 is 0. The lowest BCUT2D eigenvalue weighted by Crippen LogP contribution is -2.48. The number of hydrogen-bond acceptors (Lipinski definition) is 8. The lowest BCUT2D eigenvalue weighted by molar-refractivity contribution is 0.0987. The number of aromatic nitrogens is 3. The molecule has 10 nitrogen and oxygen atoms in total. The van der Waals surface area contributed by atoms with Crippen molar-refractivity contribution in [2.75, 3.05) is 31.6 Å². The molecule has 1 aliphatic rings. The summed E-state index contributed by atoms with van der Waals surface area (Å²) in [5.41, 5.74) is 2.54. The Morgan fingerprint density at radius 1 is 1.29 bits per heavy atom. The third kappa shape index (κ3) is 4.76. The van der Waals surface area contributed by atoms with Gasteiger partial charge in [0.1, 0.15) is 17.9 Å². The number of amides is 1. The number of carbonyl (C=O) groups excluding carboxylic acids is 2. The Morgan fingerprint density at radius 2 is 2.03 bits per heavy atom. The van der Waals surface area contributed by atoms with Gasteiger partial charge in [-0.25, -0.2) is 10.9 Å². The van der Waals surface area contributed by atoms with E-state index in [2.05, 4.69) is 27.2 Å². The Bertz CT molecular complexity index is 952. The van der Waals surface area contributed by atoms with Gasteiger partial charge in [0, 0.05) is 24.8 Å². The van der Waals surface area contributed by atoms with E-state index in [1.807, 2.05) is 11.6 Å². The second-order valence-electron chi connectivity index (χ2n) is 7.40. The summed E-state index contributed by atoms with van der Waals surface area (Å²) in [6.45, 7) is 10.6. The fraction of sp³-hybridized carbons (Fsp3) is 0.524. The number of anilines is 1. The molecule has 0 aliphatic carbocycles. The zero-order valence-electron chi connectivity index (χ0n) is 18.5. The molecule has 0 atom stereocenters. The van der Waals surface area contributed by atoms with Crippen LogP contribution in [0.4, 0.5) is 5.69 Å². The Morgan fingerprint density at radius 3 is 2.61 bits per heavy atom. The van der Waals surface area contributed by atoms with E-state index in [0.717, 1.165) is 25.3 Å². The average molecular weight is 431 g/mol. The predicted octanol–water partition coefficient (Wildman–Crippen LogP) is 1.96. The molecule has 0 bridgehead atoms. The van der Waals surface area contributed by atoms with Gasteiger partial charge in [-0.1, -0.05) is 13.8 Å². The first-order valence-corrected chi connectivity index (χ1v) is 10.5. The molecule has 31 heavy (non-hydrogen) atoms. The second kappa shape index (κ2) is 9.99. The number of pyridine rings is 1. The van der Waals surface area contributed by atoms with Crippen molar-refractivity contribution in [2.24, 2.45) is 5.90 Å². The molecule has 2 aromatic rings. The summed E-state index contributed by atoms with van der Waals surface area (Å²) in [4.78, 5) is 36.3. The molecule has 1 amide bonds. The van der Waals surface area contributed by atoms with Crippen molar-refractivity contribution < 1.29 is 19.2 Å². The number of nitrogens with two attached hydrogens (primary N) is 1. The van der Waals surface area contributed by atoms with Crippen molar-refractivity contribution in [3.63, 3.8) is 0 Å². The monoisotopic (exact) mass is 430 g/mol. The molecule has 1 fully saturated rings. The molecule has 3 rings (SSSR count). The summed E-state index contributed by atoms with van der Waals surface area (Å²) in [5, 5.41) is 7.62. The van der Waals surface area contributed by atoms with Crippen LogP contribution in [-0.4, -0.2) is 57.6 Å². The lowest BCUT2D eigenvalue weighted by atomic mass is 10.1. The van der Waals surface area contributed by atoms with Gasteiger partial charge in [0.2, 0.25) is 5.88 Å². The van der Waals surface area contributed by atoms with Crippen LogP contribution in [-0.2, 0) is 17.9 Å². The zero-order chi connectivity index (χ0) is 22.5. The largest absolute Gasteiger partial charge is 0.477 e. The van der Waals surface area contributed by atoms with E-state index in [0.29, 0.717) is 30.0 Å². The van der Waals surface area contributed by atoms with Gasteiger partial charge in [0.15, 0.2) is 5.78 Å². The topological polar surface area (TPSA) is 125 Å². The van der Waals surface area contributed by atoms with Crippen molar-refractivity contribution in [1.82, 2.24) is 19.7 Å². The highest BCUT2D eigenvalue weighted by Crippen LogP contribution is 2.30. The SMILES string of the molecule is CCOc1ncc(C(C)=O)cc1C(=O)Nc1c(CON)nn(C2CN(CC)C2)c1CC.